The average molecular weight is 286 g/mol. The van der Waals surface area contributed by atoms with Crippen LogP contribution in [-0.4, -0.2) is 36.8 Å². The molecule has 0 heterocycles. The van der Waals surface area contributed by atoms with E-state index in [9.17, 15) is 0 Å². The van der Waals surface area contributed by atoms with E-state index in [1.165, 1.54) is 48.6 Å². The number of likely N-dealkylation sites (N-methyl/N-ethyl adjacent to an activating group) is 1. The van der Waals surface area contributed by atoms with Gasteiger partial charge in [-0.1, -0.05) is 19.1 Å². The summed E-state index contributed by atoms with van der Waals surface area (Å²) >= 11 is 0. The third kappa shape index (κ3) is 2.03. The zero-order valence-corrected chi connectivity index (χ0v) is 13.6. The van der Waals surface area contributed by atoms with Crippen molar-refractivity contribution < 1.29 is 9.22 Å². The largest absolute Gasteiger partial charge is 0.496 e. The number of quaternary nitrogens is 1. The Hall–Kier alpha value is -1.02. The Balaban J connectivity index is 1.70. The molecule has 0 saturated heterocycles. The molecule has 0 aromatic heterocycles. The SMILES string of the molecule is COc1cccc2c1CC[C@H]([N+](C)(C1CC1)C1CC1)[C@@H]2C. The molecule has 1 aromatic carbocycles. The Morgan fingerprint density at radius 1 is 1.05 bits per heavy atom. The van der Waals surface area contributed by atoms with Crippen LogP contribution in [0.5, 0.6) is 5.75 Å². The summed E-state index contributed by atoms with van der Waals surface area (Å²) in [4.78, 5) is 0. The minimum Gasteiger partial charge on any atom is -0.496 e. The highest BCUT2D eigenvalue weighted by atomic mass is 16.5. The van der Waals surface area contributed by atoms with Crippen LogP contribution in [0.4, 0.5) is 0 Å². The Labute approximate surface area is 128 Å². The maximum absolute atomic E-state index is 5.60. The van der Waals surface area contributed by atoms with Crippen LogP contribution in [0.15, 0.2) is 18.2 Å². The molecule has 2 fully saturated rings. The van der Waals surface area contributed by atoms with Crippen LogP contribution >= 0.6 is 0 Å². The van der Waals surface area contributed by atoms with Crippen molar-refractivity contribution in [2.75, 3.05) is 14.2 Å². The van der Waals surface area contributed by atoms with Crippen molar-refractivity contribution in [1.29, 1.82) is 0 Å². The summed E-state index contributed by atoms with van der Waals surface area (Å²) < 4.78 is 6.97. The van der Waals surface area contributed by atoms with E-state index in [1.807, 2.05) is 0 Å². The van der Waals surface area contributed by atoms with Crippen molar-refractivity contribution in [2.24, 2.45) is 0 Å². The quantitative estimate of drug-likeness (QED) is 0.763. The molecule has 2 atom stereocenters. The van der Waals surface area contributed by atoms with Gasteiger partial charge in [0.15, 0.2) is 0 Å². The van der Waals surface area contributed by atoms with Crippen LogP contribution in [0.2, 0.25) is 0 Å². The Morgan fingerprint density at radius 2 is 1.71 bits per heavy atom. The Kier molecular flexibility index (Phi) is 3.08. The fraction of sp³-hybridized carbons (Fsp3) is 0.684. The molecule has 3 aliphatic carbocycles. The van der Waals surface area contributed by atoms with Crippen molar-refractivity contribution in [2.45, 2.75) is 69.5 Å². The van der Waals surface area contributed by atoms with Gasteiger partial charge in [0, 0.05) is 38.0 Å². The number of rotatable bonds is 4. The van der Waals surface area contributed by atoms with Crippen molar-refractivity contribution >= 4 is 0 Å². The number of hydrogen-bond acceptors (Lipinski definition) is 1. The lowest BCUT2D eigenvalue weighted by atomic mass is 9.78. The average Bonchev–Trinajstić information content (AvgIpc) is 3.39. The third-order valence-electron chi connectivity index (χ3n) is 6.53. The van der Waals surface area contributed by atoms with Gasteiger partial charge in [-0.2, -0.15) is 0 Å². The topological polar surface area (TPSA) is 9.23 Å². The summed E-state index contributed by atoms with van der Waals surface area (Å²) in [5.74, 6) is 1.76. The van der Waals surface area contributed by atoms with E-state index in [0.29, 0.717) is 5.92 Å². The fourth-order valence-corrected chi connectivity index (χ4v) is 5.08. The molecule has 0 bridgehead atoms. The summed E-state index contributed by atoms with van der Waals surface area (Å²) in [6.45, 7) is 2.46. The zero-order chi connectivity index (χ0) is 14.6. The normalized spacial score (nSPS) is 29.1. The molecule has 2 nitrogen and oxygen atoms in total. The third-order valence-corrected chi connectivity index (χ3v) is 6.53. The van der Waals surface area contributed by atoms with Crippen LogP contribution < -0.4 is 4.74 Å². The lowest BCUT2D eigenvalue weighted by molar-refractivity contribution is -0.955. The maximum atomic E-state index is 5.60. The van der Waals surface area contributed by atoms with Gasteiger partial charge in [0.25, 0.3) is 0 Å². The summed E-state index contributed by atoms with van der Waals surface area (Å²) in [5, 5.41) is 0. The van der Waals surface area contributed by atoms with Gasteiger partial charge >= 0.3 is 0 Å². The lowest BCUT2D eigenvalue weighted by Crippen LogP contribution is -2.58. The maximum Gasteiger partial charge on any atom is 0.122 e. The second-order valence-corrected chi connectivity index (χ2v) is 7.61. The molecular weight excluding hydrogens is 258 g/mol. The number of fused-ring (bicyclic) bond motifs is 1. The van der Waals surface area contributed by atoms with Gasteiger partial charge in [-0.3, -0.25) is 0 Å². The van der Waals surface area contributed by atoms with E-state index >= 15 is 0 Å². The van der Waals surface area contributed by atoms with Crippen LogP contribution in [-0.2, 0) is 6.42 Å². The van der Waals surface area contributed by atoms with Crippen LogP contribution in [0.3, 0.4) is 0 Å². The minimum absolute atomic E-state index is 0.662. The molecule has 1 aromatic rings. The van der Waals surface area contributed by atoms with Gasteiger partial charge in [0.1, 0.15) is 5.75 Å². The molecular formula is C19H28NO+. The number of ether oxygens (including phenoxy) is 1. The van der Waals surface area contributed by atoms with Gasteiger partial charge < -0.3 is 9.22 Å². The summed E-state index contributed by atoms with van der Waals surface area (Å²) in [5.41, 5.74) is 3.03. The van der Waals surface area contributed by atoms with Gasteiger partial charge in [0.2, 0.25) is 0 Å². The predicted octanol–water partition coefficient (Wildman–Crippen LogP) is 3.88. The highest BCUT2D eigenvalue weighted by Crippen LogP contribution is 2.51. The number of hydrogen-bond donors (Lipinski definition) is 0. The minimum atomic E-state index is 0.662. The second kappa shape index (κ2) is 4.74. The Bertz CT molecular complexity index is 532. The molecule has 4 rings (SSSR count). The van der Waals surface area contributed by atoms with E-state index in [2.05, 4.69) is 32.2 Å². The lowest BCUT2D eigenvalue weighted by Gasteiger charge is -2.48. The molecule has 2 heteroatoms. The molecule has 0 unspecified atom stereocenters. The van der Waals surface area contributed by atoms with E-state index in [1.54, 1.807) is 12.7 Å². The Morgan fingerprint density at radius 3 is 2.29 bits per heavy atom. The van der Waals surface area contributed by atoms with Gasteiger partial charge in [0.05, 0.1) is 32.3 Å². The van der Waals surface area contributed by atoms with E-state index in [4.69, 9.17) is 4.74 Å². The first-order chi connectivity index (χ1) is 10.2. The summed E-state index contributed by atoms with van der Waals surface area (Å²) in [6, 6.07) is 9.37. The summed E-state index contributed by atoms with van der Waals surface area (Å²) in [7, 11) is 4.38. The number of benzene rings is 1. The van der Waals surface area contributed by atoms with Crippen molar-refractivity contribution in [1.82, 2.24) is 0 Å². The first-order valence-electron chi connectivity index (χ1n) is 8.67. The zero-order valence-electron chi connectivity index (χ0n) is 13.6. The molecule has 0 N–H and O–H groups in total. The number of methoxy groups -OCH3 is 1. The van der Waals surface area contributed by atoms with E-state index < -0.39 is 0 Å². The molecule has 114 valence electrons. The van der Waals surface area contributed by atoms with Gasteiger partial charge in [-0.05, 0) is 23.6 Å². The molecule has 21 heavy (non-hydrogen) atoms. The smallest absolute Gasteiger partial charge is 0.122 e. The molecule has 0 radical (unpaired) electrons. The standard InChI is InChI=1S/C19H28NO/c1-13-16-5-4-6-19(21-3)17(16)11-12-18(13)20(2,14-7-8-14)15-9-10-15/h4-6,13-15,18H,7-12H2,1-3H3/q+1/t13-,18+/m1/s1. The van der Waals surface area contributed by atoms with Crippen LogP contribution in [0.25, 0.3) is 0 Å². The van der Waals surface area contributed by atoms with Crippen molar-refractivity contribution in [3.8, 4) is 5.75 Å². The second-order valence-electron chi connectivity index (χ2n) is 7.61. The number of nitrogens with zero attached hydrogens (tertiary/aromatic N) is 1. The van der Waals surface area contributed by atoms with Gasteiger partial charge in [-0.15, -0.1) is 0 Å². The molecule has 0 aliphatic heterocycles. The van der Waals surface area contributed by atoms with Gasteiger partial charge in [-0.25, -0.2) is 0 Å². The van der Waals surface area contributed by atoms with E-state index in [-0.39, 0.29) is 0 Å². The first-order valence-corrected chi connectivity index (χ1v) is 8.67. The monoisotopic (exact) mass is 286 g/mol. The highest BCUT2D eigenvalue weighted by molar-refractivity contribution is 5.44. The predicted molar refractivity (Wildman–Crippen MR) is 85.7 cm³/mol. The fourth-order valence-electron chi connectivity index (χ4n) is 5.08. The first kappa shape index (κ1) is 13.6. The molecule has 2 saturated carbocycles. The van der Waals surface area contributed by atoms with E-state index in [0.717, 1.165) is 23.9 Å². The molecule has 3 aliphatic rings. The van der Waals surface area contributed by atoms with Crippen molar-refractivity contribution in [3.05, 3.63) is 29.3 Å². The molecule has 0 amide bonds. The highest BCUT2D eigenvalue weighted by Gasteiger charge is 2.57. The van der Waals surface area contributed by atoms with Crippen LogP contribution in [0, 0.1) is 0 Å². The molecule has 0 spiro atoms. The summed E-state index contributed by atoms with van der Waals surface area (Å²) in [6.07, 6.45) is 8.37. The van der Waals surface area contributed by atoms with Crippen LogP contribution in [0.1, 0.15) is 56.1 Å². The van der Waals surface area contributed by atoms with Crippen molar-refractivity contribution in [3.63, 3.8) is 0 Å².